The lowest BCUT2D eigenvalue weighted by molar-refractivity contribution is 0.628. The molecule has 0 aliphatic carbocycles. The number of anilines is 3. The maximum atomic E-state index is 12.4. The zero-order valence-corrected chi connectivity index (χ0v) is 18.6. The number of benzene rings is 3. The van der Waals surface area contributed by atoms with Crippen molar-refractivity contribution in [2.45, 2.75) is 30.6 Å². The minimum Gasteiger partial charge on any atom is -0.399 e. The van der Waals surface area contributed by atoms with Crippen LogP contribution >= 0.6 is 11.6 Å². The van der Waals surface area contributed by atoms with Gasteiger partial charge in [0.05, 0.1) is 21.5 Å². The summed E-state index contributed by atoms with van der Waals surface area (Å²) in [7, 11) is 0.551. The maximum Gasteiger partial charge on any atom is 0.124 e. The van der Waals surface area contributed by atoms with Gasteiger partial charge in [-0.1, -0.05) is 25.4 Å². The van der Waals surface area contributed by atoms with E-state index in [1.165, 1.54) is 12.1 Å². The number of hydrogen-bond donors (Lipinski definition) is 3. The second-order valence-corrected chi connectivity index (χ2v) is 7.62. The molecule has 0 heterocycles. The molecule has 0 aliphatic rings. The standard InChI is InChI=1S/C13H14N2OS.C7H7ClFN.C2H6/c1-9-8-12(6-7-13(9)15)17(16)11-4-2-10(14)3-5-11;1-10-7-3-2-5(9)4-6(7)8;1-2/h2-8H,14-15H2,1H3;2-4,10H,1H3;1-2H3. The Morgan fingerprint density at radius 1 is 0.931 bits per heavy atom. The normalized spacial score (nSPS) is 10.7. The van der Waals surface area contributed by atoms with Crippen LogP contribution in [0.25, 0.3) is 0 Å². The van der Waals surface area contributed by atoms with E-state index in [9.17, 15) is 8.60 Å². The molecule has 1 unspecified atom stereocenters. The Morgan fingerprint density at radius 2 is 1.52 bits per heavy atom. The first-order valence-electron chi connectivity index (χ1n) is 9.08. The predicted molar refractivity (Wildman–Crippen MR) is 123 cm³/mol. The first-order chi connectivity index (χ1) is 13.8. The van der Waals surface area contributed by atoms with Crippen molar-refractivity contribution in [1.29, 1.82) is 0 Å². The number of nitrogen functional groups attached to an aromatic ring is 2. The minimum absolute atomic E-state index is 0.316. The van der Waals surface area contributed by atoms with Gasteiger partial charge in [-0.25, -0.2) is 8.60 Å². The Balaban J connectivity index is 0.000000299. The van der Waals surface area contributed by atoms with Crippen LogP contribution in [0.15, 0.2) is 70.5 Å². The highest BCUT2D eigenvalue weighted by Gasteiger charge is 2.07. The van der Waals surface area contributed by atoms with Crippen molar-refractivity contribution in [1.82, 2.24) is 0 Å². The number of nitrogens with two attached hydrogens (primary N) is 2. The summed E-state index contributed by atoms with van der Waals surface area (Å²) in [5.74, 6) is -0.316. The molecule has 3 aromatic carbocycles. The first-order valence-corrected chi connectivity index (χ1v) is 10.6. The smallest absolute Gasteiger partial charge is 0.124 e. The maximum absolute atomic E-state index is 12.4. The van der Waals surface area contributed by atoms with Crippen molar-refractivity contribution < 1.29 is 8.60 Å². The summed E-state index contributed by atoms with van der Waals surface area (Å²) >= 11 is 5.63. The van der Waals surface area contributed by atoms with Crippen LogP contribution in [-0.4, -0.2) is 11.3 Å². The van der Waals surface area contributed by atoms with Crippen LogP contribution in [0.5, 0.6) is 0 Å². The van der Waals surface area contributed by atoms with Crippen molar-refractivity contribution in [2.24, 2.45) is 0 Å². The van der Waals surface area contributed by atoms with Crippen molar-refractivity contribution in [3.8, 4) is 0 Å². The lowest BCUT2D eigenvalue weighted by atomic mass is 10.2. The summed E-state index contributed by atoms with van der Waals surface area (Å²) in [4.78, 5) is 1.49. The van der Waals surface area contributed by atoms with Crippen molar-refractivity contribution in [3.05, 3.63) is 77.1 Å². The van der Waals surface area contributed by atoms with Crippen LogP contribution in [0.3, 0.4) is 0 Å². The van der Waals surface area contributed by atoms with Gasteiger partial charge in [-0.15, -0.1) is 0 Å². The summed E-state index contributed by atoms with van der Waals surface area (Å²) in [5, 5.41) is 3.23. The van der Waals surface area contributed by atoms with Gasteiger partial charge in [-0.3, -0.25) is 0 Å². The second-order valence-electron chi connectivity index (χ2n) is 5.73. The van der Waals surface area contributed by atoms with E-state index < -0.39 is 10.8 Å². The topological polar surface area (TPSA) is 81.1 Å². The Bertz CT molecular complexity index is 949. The molecule has 4 nitrogen and oxygen atoms in total. The molecule has 156 valence electrons. The van der Waals surface area contributed by atoms with Crippen molar-refractivity contribution in [2.75, 3.05) is 23.8 Å². The van der Waals surface area contributed by atoms with E-state index in [4.69, 9.17) is 23.1 Å². The molecule has 0 saturated carbocycles. The third-order valence-electron chi connectivity index (χ3n) is 3.75. The monoisotopic (exact) mass is 435 g/mol. The van der Waals surface area contributed by atoms with E-state index in [-0.39, 0.29) is 5.82 Å². The highest BCUT2D eigenvalue weighted by Crippen LogP contribution is 2.22. The number of aryl methyl sites for hydroxylation is 1. The highest BCUT2D eigenvalue weighted by molar-refractivity contribution is 7.85. The van der Waals surface area contributed by atoms with E-state index >= 15 is 0 Å². The summed E-state index contributed by atoms with van der Waals surface area (Å²) in [6.07, 6.45) is 0. The van der Waals surface area contributed by atoms with E-state index in [0.29, 0.717) is 16.4 Å². The van der Waals surface area contributed by atoms with Crippen molar-refractivity contribution >= 4 is 39.5 Å². The van der Waals surface area contributed by atoms with Gasteiger partial charge in [0, 0.05) is 28.2 Å². The minimum atomic E-state index is -1.18. The molecule has 3 aromatic rings. The van der Waals surface area contributed by atoms with E-state index in [2.05, 4.69) is 5.32 Å². The average Bonchev–Trinajstić information content (AvgIpc) is 2.72. The van der Waals surface area contributed by atoms with Gasteiger partial charge in [0.25, 0.3) is 0 Å². The van der Waals surface area contributed by atoms with Gasteiger partial charge >= 0.3 is 0 Å². The molecule has 0 saturated heterocycles. The SMILES string of the molecule is CC.CNc1ccc(F)cc1Cl.Cc1cc(S(=O)c2ccc(N)cc2)ccc1N. The molecule has 0 aliphatic heterocycles. The highest BCUT2D eigenvalue weighted by atomic mass is 35.5. The van der Waals surface area contributed by atoms with E-state index in [0.717, 1.165) is 21.0 Å². The quantitative estimate of drug-likeness (QED) is 0.449. The number of hydrogen-bond acceptors (Lipinski definition) is 4. The Kier molecular flexibility index (Phi) is 10.2. The van der Waals surface area contributed by atoms with Gasteiger partial charge in [-0.05, 0) is 73.2 Å². The van der Waals surface area contributed by atoms with Crippen LogP contribution in [0, 0.1) is 12.7 Å². The van der Waals surface area contributed by atoms with Crippen molar-refractivity contribution in [3.63, 3.8) is 0 Å². The molecule has 0 amide bonds. The number of rotatable bonds is 3. The molecule has 29 heavy (non-hydrogen) atoms. The zero-order chi connectivity index (χ0) is 22.0. The van der Waals surface area contributed by atoms with Gasteiger partial charge in [0.15, 0.2) is 0 Å². The molecule has 3 rings (SSSR count). The average molecular weight is 436 g/mol. The van der Waals surface area contributed by atoms with Crippen LogP contribution < -0.4 is 16.8 Å². The Hall–Kier alpha value is -2.57. The van der Waals surface area contributed by atoms with E-state index in [1.54, 1.807) is 49.5 Å². The molecule has 0 bridgehead atoms. The fraction of sp³-hybridized carbons (Fsp3) is 0.182. The number of halogens is 2. The van der Waals surface area contributed by atoms with Gasteiger partial charge in [0.1, 0.15) is 5.82 Å². The Morgan fingerprint density at radius 3 is 2.03 bits per heavy atom. The molecule has 0 spiro atoms. The van der Waals surface area contributed by atoms with E-state index in [1.807, 2.05) is 26.8 Å². The first kappa shape index (κ1) is 24.5. The molecule has 0 radical (unpaired) electrons. The third-order valence-corrected chi connectivity index (χ3v) is 5.45. The summed E-state index contributed by atoms with van der Waals surface area (Å²) in [6, 6.07) is 16.7. The molecule has 1 atom stereocenters. The van der Waals surface area contributed by atoms with Crippen LogP contribution in [-0.2, 0) is 10.8 Å². The zero-order valence-electron chi connectivity index (χ0n) is 17.0. The second kappa shape index (κ2) is 12.1. The lowest BCUT2D eigenvalue weighted by Crippen LogP contribution is -1.96. The molecule has 0 aromatic heterocycles. The summed E-state index contributed by atoms with van der Waals surface area (Å²) < 4.78 is 24.6. The third kappa shape index (κ3) is 7.40. The molecule has 0 fully saturated rings. The fourth-order valence-corrected chi connectivity index (χ4v) is 3.58. The van der Waals surface area contributed by atoms with Crippen LogP contribution in [0.4, 0.5) is 21.5 Å². The van der Waals surface area contributed by atoms with Crippen LogP contribution in [0.1, 0.15) is 19.4 Å². The Labute approximate surface area is 179 Å². The number of nitrogens with one attached hydrogen (secondary N) is 1. The molecule has 5 N–H and O–H groups in total. The van der Waals surface area contributed by atoms with Crippen LogP contribution in [0.2, 0.25) is 5.02 Å². The fourth-order valence-electron chi connectivity index (χ4n) is 2.18. The predicted octanol–water partition coefficient (Wildman–Crippen LogP) is 5.87. The summed E-state index contributed by atoms with van der Waals surface area (Å²) in [5.41, 5.74) is 14.4. The summed E-state index contributed by atoms with van der Waals surface area (Å²) in [6.45, 7) is 5.90. The lowest BCUT2D eigenvalue weighted by Gasteiger charge is -2.05. The van der Waals surface area contributed by atoms with Gasteiger partial charge in [-0.2, -0.15) is 0 Å². The van der Waals surface area contributed by atoms with Gasteiger partial charge in [0.2, 0.25) is 0 Å². The largest absolute Gasteiger partial charge is 0.399 e. The molecular formula is C22H27ClFN3OS. The molecule has 7 heteroatoms. The van der Waals surface area contributed by atoms with Gasteiger partial charge < -0.3 is 16.8 Å². The molecular weight excluding hydrogens is 409 g/mol.